The van der Waals surface area contributed by atoms with E-state index in [0.717, 1.165) is 23.0 Å². The van der Waals surface area contributed by atoms with E-state index in [1.165, 1.54) is 11.7 Å². The first-order chi connectivity index (χ1) is 10.6. The highest BCUT2D eigenvalue weighted by molar-refractivity contribution is 7.00. The molecule has 2 aromatic rings. The number of amides is 2. The van der Waals surface area contributed by atoms with Crippen molar-refractivity contribution < 1.29 is 9.59 Å². The van der Waals surface area contributed by atoms with Gasteiger partial charge < -0.3 is 9.80 Å². The van der Waals surface area contributed by atoms with Gasteiger partial charge in [-0.1, -0.05) is 6.07 Å². The van der Waals surface area contributed by atoms with Gasteiger partial charge in [-0.05, 0) is 31.0 Å². The van der Waals surface area contributed by atoms with Gasteiger partial charge in [0.25, 0.3) is 0 Å². The van der Waals surface area contributed by atoms with Gasteiger partial charge in [-0.2, -0.15) is 8.75 Å². The Morgan fingerprint density at radius 2 is 2.18 bits per heavy atom. The highest BCUT2D eigenvalue weighted by Gasteiger charge is 2.30. The van der Waals surface area contributed by atoms with Crippen LogP contribution < -0.4 is 0 Å². The molecular weight excluding hydrogens is 300 g/mol. The summed E-state index contributed by atoms with van der Waals surface area (Å²) in [6.45, 7) is 2.98. The lowest BCUT2D eigenvalue weighted by Gasteiger charge is -2.28. The number of fused-ring (bicyclic) bond motifs is 1. The number of likely N-dealkylation sites (tertiary alicyclic amines) is 1. The standard InChI is InChI=1S/C15H18N4O2S/c1-10(19-7-3-4-14(19)20)15(21)18(2)9-11-5-6-12-13(8-11)17-22-16-12/h5-6,8,10H,3-4,7,9H2,1-2H3. The second-order valence-electron chi connectivity index (χ2n) is 5.65. The summed E-state index contributed by atoms with van der Waals surface area (Å²) in [5.74, 6) is 0.0379. The topological polar surface area (TPSA) is 66.4 Å². The summed E-state index contributed by atoms with van der Waals surface area (Å²) in [4.78, 5) is 27.6. The predicted octanol–water partition coefficient (Wildman–Crippen LogP) is 1.66. The first-order valence-corrected chi connectivity index (χ1v) is 8.05. The number of benzene rings is 1. The molecule has 0 bridgehead atoms. The number of hydrogen-bond donors (Lipinski definition) is 0. The van der Waals surface area contributed by atoms with Gasteiger partial charge in [0, 0.05) is 26.6 Å². The molecule has 1 aliphatic rings. The van der Waals surface area contributed by atoms with Crippen LogP contribution in [0.15, 0.2) is 18.2 Å². The zero-order valence-corrected chi connectivity index (χ0v) is 13.5. The van der Waals surface area contributed by atoms with Crippen LogP contribution in [0.4, 0.5) is 0 Å². The number of likely N-dealkylation sites (N-methyl/N-ethyl adjacent to an activating group) is 1. The molecule has 0 saturated carbocycles. The minimum Gasteiger partial charge on any atom is -0.340 e. The van der Waals surface area contributed by atoms with Crippen molar-refractivity contribution >= 4 is 34.6 Å². The molecule has 1 fully saturated rings. The Morgan fingerprint density at radius 1 is 1.41 bits per heavy atom. The number of carbonyl (C=O) groups is 2. The molecule has 2 amide bonds. The molecule has 1 aliphatic heterocycles. The first-order valence-electron chi connectivity index (χ1n) is 7.32. The van der Waals surface area contributed by atoms with Crippen LogP contribution in [0.2, 0.25) is 0 Å². The maximum Gasteiger partial charge on any atom is 0.245 e. The molecule has 0 spiro atoms. The maximum absolute atomic E-state index is 12.5. The van der Waals surface area contributed by atoms with E-state index in [1.807, 2.05) is 18.2 Å². The molecular formula is C15H18N4O2S. The summed E-state index contributed by atoms with van der Waals surface area (Å²) in [6.07, 6.45) is 1.39. The Labute approximate surface area is 133 Å². The van der Waals surface area contributed by atoms with Crippen molar-refractivity contribution in [2.45, 2.75) is 32.4 Å². The Hall–Kier alpha value is -2.02. The molecule has 0 N–H and O–H groups in total. The first kappa shape index (κ1) is 14.9. The van der Waals surface area contributed by atoms with Gasteiger partial charge in [-0.3, -0.25) is 9.59 Å². The molecule has 1 aromatic carbocycles. The number of nitrogens with zero attached hydrogens (tertiary/aromatic N) is 4. The van der Waals surface area contributed by atoms with Gasteiger partial charge in [-0.15, -0.1) is 0 Å². The van der Waals surface area contributed by atoms with Gasteiger partial charge >= 0.3 is 0 Å². The fourth-order valence-corrected chi connectivity index (χ4v) is 3.33. The average molecular weight is 318 g/mol. The molecule has 3 rings (SSSR count). The Morgan fingerprint density at radius 3 is 2.91 bits per heavy atom. The summed E-state index contributed by atoms with van der Waals surface area (Å²) >= 11 is 1.18. The zero-order valence-electron chi connectivity index (χ0n) is 12.7. The lowest BCUT2D eigenvalue weighted by atomic mass is 10.1. The van der Waals surface area contributed by atoms with Crippen molar-refractivity contribution in [3.8, 4) is 0 Å². The van der Waals surface area contributed by atoms with Crippen molar-refractivity contribution in [1.29, 1.82) is 0 Å². The summed E-state index contributed by atoms with van der Waals surface area (Å²) in [7, 11) is 1.77. The van der Waals surface area contributed by atoms with Crippen LogP contribution in [0.3, 0.4) is 0 Å². The van der Waals surface area contributed by atoms with E-state index in [-0.39, 0.29) is 11.8 Å². The van der Waals surface area contributed by atoms with Crippen LogP contribution in [0, 0.1) is 0 Å². The van der Waals surface area contributed by atoms with Crippen LogP contribution in [0.5, 0.6) is 0 Å². The third kappa shape index (κ3) is 2.81. The van der Waals surface area contributed by atoms with Crippen LogP contribution in [-0.2, 0) is 16.1 Å². The third-order valence-corrected chi connectivity index (χ3v) is 4.61. The van der Waals surface area contributed by atoms with E-state index in [9.17, 15) is 9.59 Å². The smallest absolute Gasteiger partial charge is 0.245 e. The molecule has 22 heavy (non-hydrogen) atoms. The molecule has 1 aromatic heterocycles. The Balaban J connectivity index is 1.68. The summed E-state index contributed by atoms with van der Waals surface area (Å²) in [5.41, 5.74) is 2.74. The normalized spacial score (nSPS) is 16.3. The second-order valence-corrected chi connectivity index (χ2v) is 6.18. The third-order valence-electron chi connectivity index (χ3n) is 4.05. The van der Waals surface area contributed by atoms with E-state index in [0.29, 0.717) is 19.5 Å². The fourth-order valence-electron chi connectivity index (χ4n) is 2.81. The minimum absolute atomic E-state index is 0.0354. The zero-order chi connectivity index (χ0) is 15.7. The van der Waals surface area contributed by atoms with Crippen LogP contribution >= 0.6 is 11.7 Å². The Kier molecular flexibility index (Phi) is 4.06. The lowest BCUT2D eigenvalue weighted by Crippen LogP contribution is -2.46. The van der Waals surface area contributed by atoms with E-state index in [2.05, 4.69) is 8.75 Å². The predicted molar refractivity (Wildman–Crippen MR) is 84.3 cm³/mol. The maximum atomic E-state index is 12.5. The highest BCUT2D eigenvalue weighted by Crippen LogP contribution is 2.17. The molecule has 1 unspecified atom stereocenters. The highest BCUT2D eigenvalue weighted by atomic mass is 32.1. The van der Waals surface area contributed by atoms with Crippen molar-refractivity contribution in [2.75, 3.05) is 13.6 Å². The second kappa shape index (κ2) is 6.00. The SMILES string of the molecule is CC(C(=O)N(C)Cc1ccc2nsnc2c1)N1CCCC1=O. The molecule has 6 nitrogen and oxygen atoms in total. The van der Waals surface area contributed by atoms with Gasteiger partial charge in [0.1, 0.15) is 17.1 Å². The molecule has 1 saturated heterocycles. The van der Waals surface area contributed by atoms with Gasteiger partial charge in [0.15, 0.2) is 0 Å². The molecule has 116 valence electrons. The summed E-state index contributed by atoms with van der Waals surface area (Å²) in [6, 6.07) is 5.43. The van der Waals surface area contributed by atoms with E-state index < -0.39 is 6.04 Å². The molecule has 0 aliphatic carbocycles. The number of rotatable bonds is 4. The number of carbonyl (C=O) groups excluding carboxylic acids is 2. The Bertz CT molecular complexity index is 714. The summed E-state index contributed by atoms with van der Waals surface area (Å²) < 4.78 is 8.38. The minimum atomic E-state index is -0.398. The van der Waals surface area contributed by atoms with Crippen molar-refractivity contribution in [1.82, 2.24) is 18.5 Å². The van der Waals surface area contributed by atoms with Crippen molar-refractivity contribution in [2.24, 2.45) is 0 Å². The number of aromatic nitrogens is 2. The van der Waals surface area contributed by atoms with Gasteiger partial charge in [0.2, 0.25) is 11.8 Å². The fraction of sp³-hybridized carbons (Fsp3) is 0.467. The lowest BCUT2D eigenvalue weighted by molar-refractivity contribution is -0.142. The van der Waals surface area contributed by atoms with E-state index in [4.69, 9.17) is 0 Å². The van der Waals surface area contributed by atoms with Crippen molar-refractivity contribution in [3.05, 3.63) is 23.8 Å². The molecule has 0 radical (unpaired) electrons. The monoisotopic (exact) mass is 318 g/mol. The molecule has 7 heteroatoms. The summed E-state index contributed by atoms with van der Waals surface area (Å²) in [5, 5.41) is 0. The van der Waals surface area contributed by atoms with Crippen LogP contribution in [-0.4, -0.2) is 50.0 Å². The van der Waals surface area contributed by atoms with Gasteiger partial charge in [-0.25, -0.2) is 0 Å². The van der Waals surface area contributed by atoms with E-state index >= 15 is 0 Å². The van der Waals surface area contributed by atoms with Crippen LogP contribution in [0.1, 0.15) is 25.3 Å². The quantitative estimate of drug-likeness (QED) is 0.860. The largest absolute Gasteiger partial charge is 0.340 e. The van der Waals surface area contributed by atoms with Crippen molar-refractivity contribution in [3.63, 3.8) is 0 Å². The molecule has 2 heterocycles. The molecule has 1 atom stereocenters. The van der Waals surface area contributed by atoms with Crippen LogP contribution in [0.25, 0.3) is 11.0 Å². The average Bonchev–Trinajstić information content (AvgIpc) is 3.13. The van der Waals surface area contributed by atoms with E-state index in [1.54, 1.807) is 23.8 Å². The number of hydrogen-bond acceptors (Lipinski definition) is 5. The van der Waals surface area contributed by atoms with Gasteiger partial charge in [0.05, 0.1) is 11.7 Å².